The summed E-state index contributed by atoms with van der Waals surface area (Å²) in [7, 11) is -2.10. The number of methoxy groups -OCH3 is 1. The zero-order valence-electron chi connectivity index (χ0n) is 10.6. The van der Waals surface area contributed by atoms with Crippen LogP contribution in [0.15, 0.2) is 28.0 Å². The molecular formula is C13H16O4S. The van der Waals surface area contributed by atoms with Crippen LogP contribution >= 0.6 is 0 Å². The van der Waals surface area contributed by atoms with Gasteiger partial charge in [-0.15, -0.1) is 0 Å². The van der Waals surface area contributed by atoms with Crippen LogP contribution in [0.4, 0.5) is 0 Å². The lowest BCUT2D eigenvalue weighted by Gasteiger charge is -2.17. The number of hydrogen-bond donors (Lipinski definition) is 1. The van der Waals surface area contributed by atoms with E-state index in [9.17, 15) is 13.5 Å². The number of hydrogen-bond acceptors (Lipinski definition) is 4. The molecule has 98 valence electrons. The normalized spacial score (nSPS) is 17.2. The fourth-order valence-corrected chi connectivity index (χ4v) is 3.99. The van der Waals surface area contributed by atoms with Crippen molar-refractivity contribution >= 4 is 15.9 Å². The van der Waals surface area contributed by atoms with Crippen molar-refractivity contribution in [3.05, 3.63) is 28.7 Å². The van der Waals surface area contributed by atoms with Gasteiger partial charge in [-0.05, 0) is 31.6 Å². The highest BCUT2D eigenvalue weighted by molar-refractivity contribution is 7.96. The van der Waals surface area contributed by atoms with E-state index in [2.05, 4.69) is 0 Å². The summed E-state index contributed by atoms with van der Waals surface area (Å²) in [5.74, 6) is 0.342. The smallest absolute Gasteiger partial charge is 0.207 e. The van der Waals surface area contributed by atoms with Gasteiger partial charge in [0.2, 0.25) is 9.84 Å². The molecule has 5 heteroatoms. The van der Waals surface area contributed by atoms with E-state index in [0.29, 0.717) is 11.3 Å². The maximum atomic E-state index is 12.4. The Morgan fingerprint density at radius 1 is 1.33 bits per heavy atom. The minimum Gasteiger partial charge on any atom is -0.495 e. The maximum Gasteiger partial charge on any atom is 0.207 e. The topological polar surface area (TPSA) is 63.6 Å². The lowest BCUT2D eigenvalue weighted by molar-refractivity contribution is 0.0829. The Bertz CT molecular complexity index is 606. The maximum absolute atomic E-state index is 12.4. The van der Waals surface area contributed by atoms with Crippen molar-refractivity contribution in [2.75, 3.05) is 7.11 Å². The molecule has 2 rings (SSSR count). The number of fused-ring (bicyclic) bond motifs is 1. The molecule has 1 aromatic rings. The lowest BCUT2D eigenvalue weighted by Crippen LogP contribution is -2.21. The van der Waals surface area contributed by atoms with Crippen molar-refractivity contribution < 1.29 is 18.3 Å². The van der Waals surface area contributed by atoms with Gasteiger partial charge in [-0.25, -0.2) is 8.42 Å². The predicted molar refractivity (Wildman–Crippen MR) is 69.1 cm³/mol. The molecule has 1 aromatic carbocycles. The number of aliphatic hydroxyl groups is 1. The SMILES string of the molecule is COc1cccc2c1S(=O)(=O)C(CC(C)(C)O)=C2. The zero-order chi connectivity index (χ0) is 13.6. The minimum atomic E-state index is -3.55. The molecule has 1 N–H and O–H groups in total. The van der Waals surface area contributed by atoms with Gasteiger partial charge in [0, 0.05) is 6.42 Å². The summed E-state index contributed by atoms with van der Waals surface area (Å²) >= 11 is 0. The van der Waals surface area contributed by atoms with Crippen LogP contribution in [0.5, 0.6) is 5.75 Å². The molecule has 1 aliphatic rings. The van der Waals surface area contributed by atoms with E-state index in [1.54, 1.807) is 38.1 Å². The molecule has 0 unspecified atom stereocenters. The molecule has 0 amide bonds. The molecule has 4 nitrogen and oxygen atoms in total. The molecule has 18 heavy (non-hydrogen) atoms. The van der Waals surface area contributed by atoms with E-state index in [0.717, 1.165) is 0 Å². The van der Waals surface area contributed by atoms with E-state index >= 15 is 0 Å². The average Bonchev–Trinajstić information content (AvgIpc) is 2.49. The van der Waals surface area contributed by atoms with Crippen LogP contribution in [-0.4, -0.2) is 26.2 Å². The molecule has 0 aromatic heterocycles. The second-order valence-corrected chi connectivity index (χ2v) is 6.92. The Kier molecular flexibility index (Phi) is 2.99. The minimum absolute atomic E-state index is 0.0904. The van der Waals surface area contributed by atoms with Crippen molar-refractivity contribution in [2.45, 2.75) is 30.8 Å². The molecule has 0 saturated heterocycles. The van der Waals surface area contributed by atoms with Crippen LogP contribution in [0, 0.1) is 0 Å². The Hall–Kier alpha value is -1.33. The first-order valence-corrected chi connectivity index (χ1v) is 7.09. The number of sulfone groups is 1. The zero-order valence-corrected chi connectivity index (χ0v) is 11.4. The lowest BCUT2D eigenvalue weighted by atomic mass is 10.0. The molecule has 0 fully saturated rings. The van der Waals surface area contributed by atoms with Crippen molar-refractivity contribution in [2.24, 2.45) is 0 Å². The van der Waals surface area contributed by atoms with Gasteiger partial charge in [0.15, 0.2) is 0 Å². The van der Waals surface area contributed by atoms with E-state index < -0.39 is 15.4 Å². The van der Waals surface area contributed by atoms with Crippen LogP contribution in [0.3, 0.4) is 0 Å². The first-order valence-electron chi connectivity index (χ1n) is 5.61. The van der Waals surface area contributed by atoms with Crippen LogP contribution in [-0.2, 0) is 9.84 Å². The van der Waals surface area contributed by atoms with Gasteiger partial charge >= 0.3 is 0 Å². The third-order valence-corrected chi connectivity index (χ3v) is 4.69. The van der Waals surface area contributed by atoms with Crippen molar-refractivity contribution in [3.8, 4) is 5.75 Å². The Morgan fingerprint density at radius 2 is 2.00 bits per heavy atom. The second-order valence-electron chi connectivity index (χ2n) is 4.98. The van der Waals surface area contributed by atoms with Gasteiger partial charge in [-0.1, -0.05) is 12.1 Å². The summed E-state index contributed by atoms with van der Waals surface area (Å²) < 4.78 is 29.9. The van der Waals surface area contributed by atoms with E-state index in [1.807, 2.05) is 0 Å². The third kappa shape index (κ3) is 2.15. The highest BCUT2D eigenvalue weighted by atomic mass is 32.2. The second kappa shape index (κ2) is 4.10. The van der Waals surface area contributed by atoms with Crippen LogP contribution in [0.2, 0.25) is 0 Å². The summed E-state index contributed by atoms with van der Waals surface area (Å²) in [4.78, 5) is 0.432. The quantitative estimate of drug-likeness (QED) is 0.910. The first-order chi connectivity index (χ1) is 8.25. The number of benzene rings is 1. The van der Waals surface area contributed by atoms with Gasteiger partial charge in [-0.3, -0.25) is 0 Å². The van der Waals surface area contributed by atoms with Crippen LogP contribution in [0.1, 0.15) is 25.8 Å². The fourth-order valence-electron chi connectivity index (χ4n) is 2.05. The number of rotatable bonds is 3. The summed E-state index contributed by atoms with van der Waals surface area (Å²) in [6, 6.07) is 5.10. The van der Waals surface area contributed by atoms with Gasteiger partial charge < -0.3 is 9.84 Å². The first kappa shape index (κ1) is 13.1. The van der Waals surface area contributed by atoms with Crippen molar-refractivity contribution in [1.82, 2.24) is 0 Å². The van der Waals surface area contributed by atoms with Gasteiger partial charge in [0.1, 0.15) is 10.6 Å². The molecule has 1 heterocycles. The van der Waals surface area contributed by atoms with E-state index in [1.165, 1.54) is 7.11 Å². The van der Waals surface area contributed by atoms with E-state index in [4.69, 9.17) is 4.74 Å². The monoisotopic (exact) mass is 268 g/mol. The van der Waals surface area contributed by atoms with Gasteiger partial charge in [-0.2, -0.15) is 0 Å². The van der Waals surface area contributed by atoms with Gasteiger partial charge in [0.05, 0.1) is 17.6 Å². The largest absolute Gasteiger partial charge is 0.495 e. The molecule has 0 spiro atoms. The Balaban J connectivity index is 2.54. The standard InChI is InChI=1S/C13H16O4S/c1-13(2,14)8-10-7-9-5-4-6-11(17-3)12(9)18(10,15)16/h4-7,14H,8H2,1-3H3. The summed E-state index contributed by atoms with van der Waals surface area (Å²) in [5, 5.41) is 9.78. The molecule has 1 aliphatic heterocycles. The number of ether oxygens (including phenoxy) is 1. The summed E-state index contributed by atoms with van der Waals surface area (Å²) in [5.41, 5.74) is -0.442. The average molecular weight is 268 g/mol. The molecule has 0 radical (unpaired) electrons. The molecule has 0 aliphatic carbocycles. The molecule has 0 bridgehead atoms. The predicted octanol–water partition coefficient (Wildman–Crippen LogP) is 1.98. The highest BCUT2D eigenvalue weighted by Crippen LogP contribution is 2.41. The summed E-state index contributed by atoms with van der Waals surface area (Å²) in [6.07, 6.45) is 1.69. The molecular weight excluding hydrogens is 252 g/mol. The van der Waals surface area contributed by atoms with Crippen molar-refractivity contribution in [3.63, 3.8) is 0 Å². The van der Waals surface area contributed by atoms with E-state index in [-0.39, 0.29) is 16.2 Å². The third-order valence-electron chi connectivity index (χ3n) is 2.77. The Morgan fingerprint density at radius 3 is 2.56 bits per heavy atom. The van der Waals surface area contributed by atoms with Crippen molar-refractivity contribution in [1.29, 1.82) is 0 Å². The van der Waals surface area contributed by atoms with Crippen LogP contribution in [0.25, 0.3) is 6.08 Å². The fraction of sp³-hybridized carbons (Fsp3) is 0.385. The Labute approximate surface area is 107 Å². The van der Waals surface area contributed by atoms with Gasteiger partial charge in [0.25, 0.3) is 0 Å². The summed E-state index contributed by atoms with van der Waals surface area (Å²) in [6.45, 7) is 3.17. The molecule has 0 atom stereocenters. The highest BCUT2D eigenvalue weighted by Gasteiger charge is 2.35. The molecule has 0 saturated carbocycles. The van der Waals surface area contributed by atoms with Crippen LogP contribution < -0.4 is 4.74 Å².